The molecule has 120 valence electrons. The summed E-state index contributed by atoms with van der Waals surface area (Å²) in [5.41, 5.74) is 11.6. The monoisotopic (exact) mass is 314 g/mol. The lowest BCUT2D eigenvalue weighted by Gasteiger charge is -2.13. The van der Waals surface area contributed by atoms with Crippen molar-refractivity contribution in [1.82, 2.24) is 5.32 Å². The molecule has 1 atom stereocenters. The second-order valence-electron chi connectivity index (χ2n) is 5.72. The van der Waals surface area contributed by atoms with Crippen LogP contribution in [0.15, 0.2) is 91.1 Å². The van der Waals surface area contributed by atoms with Crippen molar-refractivity contribution in [1.29, 1.82) is 0 Å². The second-order valence-corrected chi connectivity index (χ2v) is 5.72. The van der Waals surface area contributed by atoms with Crippen molar-refractivity contribution in [2.45, 2.75) is 6.04 Å². The van der Waals surface area contributed by atoms with Gasteiger partial charge in [-0.2, -0.15) is 0 Å². The second kappa shape index (κ2) is 7.62. The Labute approximate surface area is 143 Å². The maximum Gasteiger partial charge on any atom is 0.0520 e. The molecule has 0 heterocycles. The van der Waals surface area contributed by atoms with Gasteiger partial charge in [0.1, 0.15) is 0 Å². The molecule has 2 heteroatoms. The predicted molar refractivity (Wildman–Crippen MR) is 102 cm³/mol. The van der Waals surface area contributed by atoms with Gasteiger partial charge in [0.2, 0.25) is 0 Å². The summed E-state index contributed by atoms with van der Waals surface area (Å²) in [4.78, 5) is 0. The molecule has 2 nitrogen and oxygen atoms in total. The Morgan fingerprint density at radius 1 is 0.750 bits per heavy atom. The molecule has 0 saturated carbocycles. The first-order chi connectivity index (χ1) is 11.8. The van der Waals surface area contributed by atoms with Crippen molar-refractivity contribution < 1.29 is 0 Å². The van der Waals surface area contributed by atoms with Crippen LogP contribution in [0.2, 0.25) is 0 Å². The zero-order valence-corrected chi connectivity index (χ0v) is 13.8. The number of nitrogens with one attached hydrogen (secondary N) is 1. The standard InChI is InChI=1S/C22H22N2/c1-24-22(14-15-23)19-12-10-18(11-13-19)21-9-5-8-20(16-21)17-6-3-2-4-7-17/h2-16,22,24H,23H2,1H3/b15-14-. The van der Waals surface area contributed by atoms with Crippen molar-refractivity contribution in [3.05, 3.63) is 96.7 Å². The van der Waals surface area contributed by atoms with Crippen LogP contribution in [0.25, 0.3) is 22.3 Å². The molecule has 3 N–H and O–H groups in total. The molecule has 3 aromatic carbocycles. The summed E-state index contributed by atoms with van der Waals surface area (Å²) in [5, 5.41) is 3.24. The third kappa shape index (κ3) is 3.55. The first kappa shape index (κ1) is 16.0. The average Bonchev–Trinajstić information content (AvgIpc) is 2.67. The molecular formula is C22H22N2. The van der Waals surface area contributed by atoms with Gasteiger partial charge in [0.05, 0.1) is 6.04 Å². The van der Waals surface area contributed by atoms with Crippen LogP contribution in [0, 0.1) is 0 Å². The summed E-state index contributed by atoms with van der Waals surface area (Å²) in [6, 6.07) is 27.8. The van der Waals surface area contributed by atoms with Gasteiger partial charge < -0.3 is 11.1 Å². The van der Waals surface area contributed by atoms with E-state index >= 15 is 0 Å². The molecule has 0 aromatic heterocycles. The van der Waals surface area contributed by atoms with E-state index in [0.717, 1.165) is 0 Å². The minimum Gasteiger partial charge on any atom is -0.405 e. The molecule has 0 fully saturated rings. The zero-order chi connectivity index (χ0) is 16.8. The van der Waals surface area contributed by atoms with E-state index in [0.29, 0.717) is 0 Å². The Morgan fingerprint density at radius 3 is 1.92 bits per heavy atom. The minimum atomic E-state index is 0.139. The summed E-state index contributed by atoms with van der Waals surface area (Å²) < 4.78 is 0. The van der Waals surface area contributed by atoms with E-state index in [2.05, 4.69) is 78.1 Å². The molecule has 3 rings (SSSR count). The Kier molecular flexibility index (Phi) is 5.09. The molecule has 0 radical (unpaired) electrons. The molecule has 0 saturated heterocycles. The lowest BCUT2D eigenvalue weighted by Crippen LogP contribution is -2.14. The molecule has 0 spiro atoms. The molecule has 1 unspecified atom stereocenters. The van der Waals surface area contributed by atoms with E-state index in [1.807, 2.05) is 19.2 Å². The normalized spacial score (nSPS) is 12.4. The number of hydrogen-bond acceptors (Lipinski definition) is 2. The number of nitrogens with two attached hydrogens (primary N) is 1. The van der Waals surface area contributed by atoms with Gasteiger partial charge in [-0.25, -0.2) is 0 Å². The molecule has 0 aliphatic rings. The van der Waals surface area contributed by atoms with Crippen molar-refractivity contribution in [3.8, 4) is 22.3 Å². The molecule has 3 aromatic rings. The molecule has 0 aliphatic carbocycles. The summed E-state index contributed by atoms with van der Waals surface area (Å²) in [6.07, 6.45) is 3.53. The Hall–Kier alpha value is -2.84. The maximum atomic E-state index is 5.51. The van der Waals surface area contributed by atoms with E-state index < -0.39 is 0 Å². The van der Waals surface area contributed by atoms with Gasteiger partial charge in [0.25, 0.3) is 0 Å². The molecule has 0 bridgehead atoms. The quantitative estimate of drug-likeness (QED) is 0.713. The lowest BCUT2D eigenvalue weighted by atomic mass is 9.97. The van der Waals surface area contributed by atoms with Crippen LogP contribution >= 0.6 is 0 Å². The Bertz CT molecular complexity index is 805. The topological polar surface area (TPSA) is 38.0 Å². The van der Waals surface area contributed by atoms with Crippen molar-refractivity contribution >= 4 is 0 Å². The predicted octanol–water partition coefficient (Wildman–Crippen LogP) is 4.75. The fourth-order valence-electron chi connectivity index (χ4n) is 2.88. The van der Waals surface area contributed by atoms with Crippen LogP contribution in [0.4, 0.5) is 0 Å². The Morgan fingerprint density at radius 2 is 1.33 bits per heavy atom. The van der Waals surface area contributed by atoms with Crippen LogP contribution in [0.1, 0.15) is 11.6 Å². The van der Waals surface area contributed by atoms with Crippen LogP contribution in [-0.2, 0) is 0 Å². The van der Waals surface area contributed by atoms with Gasteiger partial charge in [-0.15, -0.1) is 0 Å². The van der Waals surface area contributed by atoms with Crippen molar-refractivity contribution in [2.75, 3.05) is 7.05 Å². The van der Waals surface area contributed by atoms with E-state index in [4.69, 9.17) is 5.73 Å². The van der Waals surface area contributed by atoms with Crippen LogP contribution in [0.3, 0.4) is 0 Å². The van der Waals surface area contributed by atoms with Crippen LogP contribution in [-0.4, -0.2) is 7.05 Å². The highest BCUT2D eigenvalue weighted by Gasteiger charge is 2.06. The summed E-state index contributed by atoms with van der Waals surface area (Å²) in [7, 11) is 1.93. The van der Waals surface area contributed by atoms with Gasteiger partial charge in [-0.05, 0) is 53.2 Å². The van der Waals surface area contributed by atoms with Crippen molar-refractivity contribution in [2.24, 2.45) is 5.73 Å². The largest absolute Gasteiger partial charge is 0.405 e. The molecule has 0 amide bonds. The van der Waals surface area contributed by atoms with Gasteiger partial charge in [0.15, 0.2) is 0 Å². The third-order valence-corrected chi connectivity index (χ3v) is 4.19. The van der Waals surface area contributed by atoms with E-state index in [1.54, 1.807) is 6.20 Å². The summed E-state index contributed by atoms with van der Waals surface area (Å²) >= 11 is 0. The third-order valence-electron chi connectivity index (χ3n) is 4.19. The van der Waals surface area contributed by atoms with E-state index in [9.17, 15) is 0 Å². The fourth-order valence-corrected chi connectivity index (χ4v) is 2.88. The first-order valence-corrected chi connectivity index (χ1v) is 8.13. The van der Waals surface area contributed by atoms with Gasteiger partial charge in [-0.1, -0.05) is 72.8 Å². The number of hydrogen-bond donors (Lipinski definition) is 2. The fraction of sp³-hybridized carbons (Fsp3) is 0.0909. The van der Waals surface area contributed by atoms with Crippen molar-refractivity contribution in [3.63, 3.8) is 0 Å². The molecular weight excluding hydrogens is 292 g/mol. The van der Waals surface area contributed by atoms with Gasteiger partial charge in [0, 0.05) is 0 Å². The molecule has 0 aliphatic heterocycles. The summed E-state index contributed by atoms with van der Waals surface area (Å²) in [5.74, 6) is 0. The minimum absolute atomic E-state index is 0.139. The average molecular weight is 314 g/mol. The highest BCUT2D eigenvalue weighted by Crippen LogP contribution is 2.27. The highest BCUT2D eigenvalue weighted by molar-refractivity contribution is 5.73. The lowest BCUT2D eigenvalue weighted by molar-refractivity contribution is 0.713. The van der Waals surface area contributed by atoms with Crippen LogP contribution < -0.4 is 11.1 Å². The number of likely N-dealkylation sites (N-methyl/N-ethyl adjacent to an activating group) is 1. The first-order valence-electron chi connectivity index (χ1n) is 8.13. The number of rotatable bonds is 5. The maximum absolute atomic E-state index is 5.51. The van der Waals surface area contributed by atoms with E-state index in [-0.39, 0.29) is 6.04 Å². The summed E-state index contributed by atoms with van der Waals surface area (Å²) in [6.45, 7) is 0. The van der Waals surface area contributed by atoms with Gasteiger partial charge >= 0.3 is 0 Å². The van der Waals surface area contributed by atoms with Crippen LogP contribution in [0.5, 0.6) is 0 Å². The SMILES string of the molecule is CNC(/C=C\N)c1ccc(-c2cccc(-c3ccccc3)c2)cc1. The van der Waals surface area contributed by atoms with E-state index in [1.165, 1.54) is 27.8 Å². The molecule has 24 heavy (non-hydrogen) atoms. The Balaban J connectivity index is 1.90. The smallest absolute Gasteiger partial charge is 0.0520 e. The van der Waals surface area contributed by atoms with Gasteiger partial charge in [-0.3, -0.25) is 0 Å². The number of benzene rings is 3. The zero-order valence-electron chi connectivity index (χ0n) is 13.8. The highest BCUT2D eigenvalue weighted by atomic mass is 14.9.